The third-order valence-electron chi connectivity index (χ3n) is 5.26. The van der Waals surface area contributed by atoms with Gasteiger partial charge in [-0.25, -0.2) is 9.78 Å². The standard InChI is InChI=1S/C24H17N3O3/c28-23-18-11-5-4-10-17(18)22(24(29)30)21(27(23)16-8-2-1-3-9-16)14-26-15-25-19-12-6-7-13-20(19)26/h1-13,15H,14H2,(H,29,30). The van der Waals surface area contributed by atoms with Crippen LogP contribution in [0, 0.1) is 0 Å². The Morgan fingerprint density at radius 3 is 2.30 bits per heavy atom. The number of carboxylic acid groups (broad SMARTS) is 1. The summed E-state index contributed by atoms with van der Waals surface area (Å²) in [5.74, 6) is -1.07. The van der Waals surface area contributed by atoms with Crippen molar-refractivity contribution in [3.8, 4) is 5.69 Å². The number of hydrogen-bond donors (Lipinski definition) is 1. The molecule has 0 aliphatic rings. The molecule has 0 unspecified atom stereocenters. The molecule has 0 amide bonds. The second kappa shape index (κ2) is 7.00. The number of pyridine rings is 1. The van der Waals surface area contributed by atoms with Gasteiger partial charge in [0, 0.05) is 16.5 Å². The largest absolute Gasteiger partial charge is 0.478 e. The molecule has 0 radical (unpaired) electrons. The van der Waals surface area contributed by atoms with Crippen LogP contribution in [-0.2, 0) is 6.54 Å². The van der Waals surface area contributed by atoms with E-state index in [9.17, 15) is 14.7 Å². The van der Waals surface area contributed by atoms with Crippen LogP contribution in [0.1, 0.15) is 16.1 Å². The topological polar surface area (TPSA) is 77.1 Å². The predicted molar refractivity (Wildman–Crippen MR) is 115 cm³/mol. The molecular weight excluding hydrogens is 378 g/mol. The summed E-state index contributed by atoms with van der Waals surface area (Å²) < 4.78 is 3.37. The van der Waals surface area contributed by atoms with Crippen LogP contribution in [0.4, 0.5) is 0 Å². The van der Waals surface area contributed by atoms with Crippen molar-refractivity contribution in [2.45, 2.75) is 6.54 Å². The third kappa shape index (κ3) is 2.78. The number of carboxylic acids is 1. The van der Waals surface area contributed by atoms with Crippen LogP contribution in [0.5, 0.6) is 0 Å². The Morgan fingerprint density at radius 1 is 0.867 bits per heavy atom. The lowest BCUT2D eigenvalue weighted by Crippen LogP contribution is -2.27. The zero-order chi connectivity index (χ0) is 20.7. The quantitative estimate of drug-likeness (QED) is 0.497. The number of hydrogen-bond acceptors (Lipinski definition) is 3. The van der Waals surface area contributed by atoms with Crippen LogP contribution < -0.4 is 5.56 Å². The number of nitrogens with zero attached hydrogens (tertiary/aromatic N) is 3. The number of carbonyl (C=O) groups is 1. The molecule has 6 nitrogen and oxygen atoms in total. The summed E-state index contributed by atoms with van der Waals surface area (Å²) in [4.78, 5) is 30.2. The maximum absolute atomic E-state index is 13.5. The molecule has 5 aromatic rings. The van der Waals surface area contributed by atoms with Crippen LogP contribution in [0.15, 0.2) is 90.0 Å². The van der Waals surface area contributed by atoms with Crippen molar-refractivity contribution in [2.75, 3.05) is 0 Å². The fourth-order valence-corrected chi connectivity index (χ4v) is 3.93. The fourth-order valence-electron chi connectivity index (χ4n) is 3.93. The third-order valence-corrected chi connectivity index (χ3v) is 5.26. The van der Waals surface area contributed by atoms with Gasteiger partial charge in [0.25, 0.3) is 5.56 Å². The van der Waals surface area contributed by atoms with E-state index in [1.54, 1.807) is 42.7 Å². The maximum Gasteiger partial charge on any atom is 0.338 e. The zero-order valence-corrected chi connectivity index (χ0v) is 15.9. The average Bonchev–Trinajstić information content (AvgIpc) is 3.17. The van der Waals surface area contributed by atoms with Gasteiger partial charge in [0.05, 0.1) is 35.2 Å². The maximum atomic E-state index is 13.5. The first-order valence-corrected chi connectivity index (χ1v) is 9.50. The van der Waals surface area contributed by atoms with Crippen molar-refractivity contribution in [3.05, 3.63) is 107 Å². The van der Waals surface area contributed by atoms with Crippen LogP contribution in [0.25, 0.3) is 27.5 Å². The van der Waals surface area contributed by atoms with Crippen molar-refractivity contribution in [3.63, 3.8) is 0 Å². The number of para-hydroxylation sites is 3. The molecule has 0 spiro atoms. The number of benzene rings is 3. The smallest absolute Gasteiger partial charge is 0.338 e. The van der Waals surface area contributed by atoms with E-state index in [4.69, 9.17) is 0 Å². The molecule has 2 heterocycles. The average molecular weight is 395 g/mol. The highest BCUT2D eigenvalue weighted by Gasteiger charge is 2.23. The Labute approximate surface area is 171 Å². The number of aromatic nitrogens is 3. The molecule has 0 fully saturated rings. The van der Waals surface area contributed by atoms with E-state index < -0.39 is 5.97 Å². The molecular formula is C24H17N3O3. The minimum absolute atomic E-state index is 0.117. The molecule has 1 N–H and O–H groups in total. The van der Waals surface area contributed by atoms with Crippen LogP contribution in [0.2, 0.25) is 0 Å². The molecule has 3 aromatic carbocycles. The molecule has 0 aliphatic heterocycles. The summed E-state index contributed by atoms with van der Waals surface area (Å²) in [6.45, 7) is 0.192. The summed E-state index contributed by atoms with van der Waals surface area (Å²) in [6, 6.07) is 23.6. The van der Waals surface area contributed by atoms with Crippen molar-refractivity contribution in [1.29, 1.82) is 0 Å². The van der Waals surface area contributed by atoms with Gasteiger partial charge in [-0.05, 0) is 30.3 Å². The molecule has 0 saturated heterocycles. The number of fused-ring (bicyclic) bond motifs is 2. The van der Waals surface area contributed by atoms with E-state index in [-0.39, 0.29) is 17.7 Å². The van der Waals surface area contributed by atoms with Crippen molar-refractivity contribution in [1.82, 2.24) is 14.1 Å². The molecule has 0 atom stereocenters. The Kier molecular flexibility index (Phi) is 4.17. The number of aromatic carboxylic acids is 1. The Balaban J connectivity index is 1.88. The molecule has 0 aliphatic carbocycles. The number of imidazole rings is 1. The van der Waals surface area contributed by atoms with Crippen molar-refractivity contribution in [2.24, 2.45) is 0 Å². The van der Waals surface area contributed by atoms with E-state index in [0.29, 0.717) is 22.2 Å². The second-order valence-corrected chi connectivity index (χ2v) is 7.01. The molecule has 5 rings (SSSR count). The van der Waals surface area contributed by atoms with Gasteiger partial charge in [0.15, 0.2) is 0 Å². The summed E-state index contributed by atoms with van der Waals surface area (Å²) >= 11 is 0. The van der Waals surface area contributed by atoms with Gasteiger partial charge in [0.1, 0.15) is 0 Å². The fraction of sp³-hybridized carbons (Fsp3) is 0.0417. The SMILES string of the molecule is O=C(O)c1c(Cn2cnc3ccccc32)n(-c2ccccc2)c(=O)c2ccccc12. The molecule has 146 valence electrons. The minimum atomic E-state index is -1.07. The summed E-state index contributed by atoms with van der Waals surface area (Å²) in [5, 5.41) is 10.9. The van der Waals surface area contributed by atoms with Crippen molar-refractivity contribution < 1.29 is 9.90 Å². The highest BCUT2D eigenvalue weighted by Crippen LogP contribution is 2.24. The Hall–Kier alpha value is -4.19. The molecule has 6 heteroatoms. The lowest BCUT2D eigenvalue weighted by molar-refractivity contribution is 0.0697. The first-order chi connectivity index (χ1) is 14.6. The Bertz CT molecular complexity index is 1470. The normalized spacial score (nSPS) is 11.2. The summed E-state index contributed by atoms with van der Waals surface area (Å²) in [7, 11) is 0. The van der Waals surface area contributed by atoms with E-state index >= 15 is 0 Å². The minimum Gasteiger partial charge on any atom is -0.478 e. The van der Waals surface area contributed by atoms with Crippen molar-refractivity contribution >= 4 is 27.8 Å². The highest BCUT2D eigenvalue weighted by atomic mass is 16.4. The predicted octanol–water partition coefficient (Wildman–Crippen LogP) is 4.09. The number of rotatable bonds is 4. The molecule has 0 saturated carbocycles. The van der Waals surface area contributed by atoms with E-state index in [1.165, 1.54) is 4.57 Å². The molecule has 30 heavy (non-hydrogen) atoms. The van der Waals surface area contributed by atoms with Crippen LogP contribution in [-0.4, -0.2) is 25.2 Å². The van der Waals surface area contributed by atoms with Gasteiger partial charge in [-0.3, -0.25) is 9.36 Å². The van der Waals surface area contributed by atoms with E-state index in [0.717, 1.165) is 11.0 Å². The summed E-state index contributed by atoms with van der Waals surface area (Å²) in [5.41, 5.74) is 2.57. The van der Waals surface area contributed by atoms with E-state index in [2.05, 4.69) is 4.98 Å². The van der Waals surface area contributed by atoms with E-state index in [1.807, 2.05) is 47.0 Å². The second-order valence-electron chi connectivity index (χ2n) is 7.01. The van der Waals surface area contributed by atoms with Gasteiger partial charge in [-0.1, -0.05) is 48.5 Å². The van der Waals surface area contributed by atoms with Crippen LogP contribution in [0.3, 0.4) is 0 Å². The highest BCUT2D eigenvalue weighted by molar-refractivity contribution is 6.04. The zero-order valence-electron chi connectivity index (χ0n) is 15.9. The van der Waals surface area contributed by atoms with Gasteiger partial charge >= 0.3 is 5.97 Å². The monoisotopic (exact) mass is 395 g/mol. The van der Waals surface area contributed by atoms with Crippen LogP contribution >= 0.6 is 0 Å². The first-order valence-electron chi connectivity index (χ1n) is 9.50. The lowest BCUT2D eigenvalue weighted by atomic mass is 10.0. The summed E-state index contributed by atoms with van der Waals surface area (Å²) in [6.07, 6.45) is 1.67. The van der Waals surface area contributed by atoms with Gasteiger partial charge in [-0.15, -0.1) is 0 Å². The lowest BCUT2D eigenvalue weighted by Gasteiger charge is -2.18. The molecule has 2 aromatic heterocycles. The van der Waals surface area contributed by atoms with Gasteiger partial charge in [-0.2, -0.15) is 0 Å². The van der Waals surface area contributed by atoms with Gasteiger partial charge in [0.2, 0.25) is 0 Å². The molecule has 0 bridgehead atoms. The first kappa shape index (κ1) is 17.9. The Morgan fingerprint density at radius 2 is 1.53 bits per heavy atom. The van der Waals surface area contributed by atoms with Gasteiger partial charge < -0.3 is 9.67 Å².